The van der Waals surface area contributed by atoms with E-state index in [1.807, 2.05) is 11.9 Å². The van der Waals surface area contributed by atoms with Crippen LogP contribution < -0.4 is 9.47 Å². The van der Waals surface area contributed by atoms with Gasteiger partial charge in [0.25, 0.3) is 0 Å². The van der Waals surface area contributed by atoms with Gasteiger partial charge in [-0.1, -0.05) is 6.07 Å². The number of benzene rings is 1. The molecule has 1 saturated heterocycles. The number of aliphatic hydroxyl groups is 1. The number of alkyl halides is 3. The van der Waals surface area contributed by atoms with Gasteiger partial charge in [0.15, 0.2) is 11.5 Å². The van der Waals surface area contributed by atoms with Crippen LogP contribution in [0.2, 0.25) is 0 Å². The van der Waals surface area contributed by atoms with Gasteiger partial charge < -0.3 is 19.5 Å². The highest BCUT2D eigenvalue weighted by Crippen LogP contribution is 2.54. The molecule has 7 heteroatoms. The second-order valence-electron chi connectivity index (χ2n) is 6.72. The molecule has 1 aliphatic carbocycles. The first-order valence-corrected chi connectivity index (χ1v) is 8.13. The van der Waals surface area contributed by atoms with Gasteiger partial charge in [0.1, 0.15) is 0 Å². The number of hydrogen-bond donors (Lipinski definition) is 1. The van der Waals surface area contributed by atoms with Crippen LogP contribution in [-0.2, 0) is 5.41 Å². The Labute approximate surface area is 144 Å². The van der Waals surface area contributed by atoms with E-state index in [9.17, 15) is 18.3 Å². The fourth-order valence-corrected chi connectivity index (χ4v) is 4.09. The molecule has 1 heterocycles. The van der Waals surface area contributed by atoms with E-state index < -0.39 is 23.6 Å². The first-order valence-electron chi connectivity index (χ1n) is 8.13. The van der Waals surface area contributed by atoms with Crippen LogP contribution in [0.15, 0.2) is 30.0 Å². The van der Waals surface area contributed by atoms with Crippen LogP contribution in [0.5, 0.6) is 11.5 Å². The van der Waals surface area contributed by atoms with Crippen LogP contribution in [0.3, 0.4) is 0 Å². The van der Waals surface area contributed by atoms with Gasteiger partial charge in [-0.25, -0.2) is 0 Å². The number of nitrogens with zero attached hydrogens (tertiary/aromatic N) is 1. The highest BCUT2D eigenvalue weighted by Gasteiger charge is 2.55. The first kappa shape index (κ1) is 17.9. The third-order valence-corrected chi connectivity index (χ3v) is 5.44. The standard InChI is InChI=1S/C18H22F3NO3/c1-22-7-6-17(11-4-5-14(24-2)15(8-11)25-3)10-12(18(19,20)21)13(23)9-16(17)22/h4-5,8-9,12-13,23H,6-7,10H2,1-3H3/t12-,13+,17-/m1/s1. The molecule has 4 nitrogen and oxygen atoms in total. The molecule has 1 aromatic carbocycles. The quantitative estimate of drug-likeness (QED) is 0.903. The summed E-state index contributed by atoms with van der Waals surface area (Å²) in [6, 6.07) is 5.25. The second-order valence-corrected chi connectivity index (χ2v) is 6.72. The largest absolute Gasteiger partial charge is 0.493 e. The molecule has 1 aromatic rings. The molecular formula is C18H22F3NO3. The minimum Gasteiger partial charge on any atom is -0.493 e. The van der Waals surface area contributed by atoms with Crippen molar-refractivity contribution >= 4 is 0 Å². The molecule has 0 spiro atoms. The van der Waals surface area contributed by atoms with Crippen LogP contribution in [0.1, 0.15) is 18.4 Å². The number of aliphatic hydroxyl groups excluding tert-OH is 1. The van der Waals surface area contributed by atoms with Crippen molar-refractivity contribution in [2.45, 2.75) is 30.5 Å². The van der Waals surface area contributed by atoms with Crippen molar-refractivity contribution < 1.29 is 27.8 Å². The van der Waals surface area contributed by atoms with Gasteiger partial charge in [0, 0.05) is 24.7 Å². The predicted octanol–water partition coefficient (Wildman–Crippen LogP) is 3.10. The van der Waals surface area contributed by atoms with Gasteiger partial charge in [0.2, 0.25) is 0 Å². The third-order valence-electron chi connectivity index (χ3n) is 5.44. The SMILES string of the molecule is COc1ccc([C@]23CCN(C)C2=C[C@H](O)[C@H](C(F)(F)F)C3)cc1OC. The van der Waals surface area contributed by atoms with E-state index in [1.165, 1.54) is 20.3 Å². The van der Waals surface area contributed by atoms with Crippen molar-refractivity contribution in [3.63, 3.8) is 0 Å². The smallest absolute Gasteiger partial charge is 0.394 e. The Kier molecular flexibility index (Phi) is 4.39. The Bertz CT molecular complexity index is 689. The van der Waals surface area contributed by atoms with Crippen molar-refractivity contribution in [1.82, 2.24) is 4.90 Å². The highest BCUT2D eigenvalue weighted by atomic mass is 19.4. The molecule has 3 atom stereocenters. The van der Waals surface area contributed by atoms with E-state index in [2.05, 4.69) is 0 Å². The lowest BCUT2D eigenvalue weighted by Crippen LogP contribution is -2.45. The van der Waals surface area contributed by atoms with Gasteiger partial charge in [-0.05, 0) is 36.6 Å². The summed E-state index contributed by atoms with van der Waals surface area (Å²) in [5, 5.41) is 10.0. The van der Waals surface area contributed by atoms with Crippen molar-refractivity contribution in [1.29, 1.82) is 0 Å². The van der Waals surface area contributed by atoms with E-state index in [1.54, 1.807) is 18.2 Å². The Morgan fingerprint density at radius 2 is 1.88 bits per heavy atom. The lowest BCUT2D eigenvalue weighted by molar-refractivity contribution is -0.201. The maximum atomic E-state index is 13.4. The zero-order valence-corrected chi connectivity index (χ0v) is 14.4. The number of halogens is 3. The number of likely N-dealkylation sites (tertiary alicyclic amines) is 1. The van der Waals surface area contributed by atoms with Crippen molar-refractivity contribution in [3.8, 4) is 11.5 Å². The highest BCUT2D eigenvalue weighted by molar-refractivity contribution is 5.50. The zero-order valence-electron chi connectivity index (χ0n) is 14.4. The molecule has 0 unspecified atom stereocenters. The van der Waals surface area contributed by atoms with Crippen molar-refractivity contribution in [3.05, 3.63) is 35.5 Å². The monoisotopic (exact) mass is 357 g/mol. The maximum absolute atomic E-state index is 13.4. The van der Waals surface area contributed by atoms with Crippen LogP contribution >= 0.6 is 0 Å². The number of rotatable bonds is 3. The van der Waals surface area contributed by atoms with Crippen LogP contribution in [-0.4, -0.2) is 50.1 Å². The van der Waals surface area contributed by atoms with Gasteiger partial charge in [-0.15, -0.1) is 0 Å². The minimum atomic E-state index is -4.45. The molecule has 1 aliphatic heterocycles. The Morgan fingerprint density at radius 3 is 2.48 bits per heavy atom. The van der Waals surface area contributed by atoms with Crippen molar-refractivity contribution in [2.24, 2.45) is 5.92 Å². The number of fused-ring (bicyclic) bond motifs is 1. The molecule has 0 amide bonds. The van der Waals surface area contributed by atoms with Crippen LogP contribution in [0, 0.1) is 5.92 Å². The number of likely N-dealkylation sites (N-methyl/N-ethyl adjacent to an activating group) is 1. The van der Waals surface area contributed by atoms with E-state index in [4.69, 9.17) is 9.47 Å². The molecule has 138 valence electrons. The molecular weight excluding hydrogens is 335 g/mol. The Morgan fingerprint density at radius 1 is 1.20 bits per heavy atom. The van der Waals surface area contributed by atoms with Crippen LogP contribution in [0.25, 0.3) is 0 Å². The first-order chi connectivity index (χ1) is 11.7. The van der Waals surface area contributed by atoms with E-state index in [-0.39, 0.29) is 6.42 Å². The summed E-state index contributed by atoms with van der Waals surface area (Å²) in [4.78, 5) is 1.92. The van der Waals surface area contributed by atoms with Crippen LogP contribution in [0.4, 0.5) is 13.2 Å². The van der Waals surface area contributed by atoms with Gasteiger partial charge in [-0.3, -0.25) is 0 Å². The van der Waals surface area contributed by atoms with Gasteiger partial charge in [-0.2, -0.15) is 13.2 Å². The number of methoxy groups -OCH3 is 2. The Balaban J connectivity index is 2.12. The number of ether oxygens (including phenoxy) is 2. The van der Waals surface area contributed by atoms with E-state index >= 15 is 0 Å². The summed E-state index contributed by atoms with van der Waals surface area (Å²) in [5.74, 6) is -0.767. The van der Waals surface area contributed by atoms with Gasteiger partial charge >= 0.3 is 6.18 Å². The van der Waals surface area contributed by atoms with E-state index in [0.29, 0.717) is 24.5 Å². The zero-order chi connectivity index (χ0) is 18.4. The third kappa shape index (κ3) is 2.84. The van der Waals surface area contributed by atoms with Crippen molar-refractivity contribution in [2.75, 3.05) is 27.8 Å². The topological polar surface area (TPSA) is 41.9 Å². The number of hydrogen-bond acceptors (Lipinski definition) is 4. The molecule has 0 saturated carbocycles. The molecule has 2 aliphatic rings. The molecule has 25 heavy (non-hydrogen) atoms. The van der Waals surface area contributed by atoms with E-state index in [0.717, 1.165) is 11.3 Å². The molecule has 3 rings (SSSR count). The number of allylic oxidation sites excluding steroid dienone is 1. The molecule has 0 radical (unpaired) electrons. The molecule has 0 aromatic heterocycles. The predicted molar refractivity (Wildman–Crippen MR) is 86.7 cm³/mol. The minimum absolute atomic E-state index is 0.177. The normalized spacial score (nSPS) is 29.2. The second kappa shape index (κ2) is 6.12. The summed E-state index contributed by atoms with van der Waals surface area (Å²) in [5.41, 5.74) is 0.711. The fourth-order valence-electron chi connectivity index (χ4n) is 4.09. The lowest BCUT2D eigenvalue weighted by atomic mass is 9.66. The summed E-state index contributed by atoms with van der Waals surface area (Å²) >= 11 is 0. The maximum Gasteiger partial charge on any atom is 0.394 e. The lowest BCUT2D eigenvalue weighted by Gasteiger charge is -2.41. The average molecular weight is 357 g/mol. The summed E-state index contributed by atoms with van der Waals surface area (Å²) < 4.78 is 50.9. The fraction of sp³-hybridized carbons (Fsp3) is 0.556. The summed E-state index contributed by atoms with van der Waals surface area (Å²) in [6.07, 6.45) is -4.23. The van der Waals surface area contributed by atoms with Gasteiger partial charge in [0.05, 0.1) is 26.2 Å². The molecule has 1 fully saturated rings. The molecule has 0 bridgehead atoms. The average Bonchev–Trinajstić information content (AvgIpc) is 2.90. The summed E-state index contributed by atoms with van der Waals surface area (Å²) in [6.45, 7) is 0.636. The summed E-state index contributed by atoms with van der Waals surface area (Å²) in [7, 11) is 4.86. The Hall–Kier alpha value is -1.89. The molecule has 1 N–H and O–H groups in total.